The van der Waals surface area contributed by atoms with Crippen LogP contribution in [-0.4, -0.2) is 31.4 Å². The highest BCUT2D eigenvalue weighted by Gasteiger charge is 2.46. The number of benzene rings is 2. The molecular weight excluding hydrogens is 302 g/mol. The summed E-state index contributed by atoms with van der Waals surface area (Å²) in [5.74, 6) is 0. The normalized spacial score (nSPS) is 19.7. The standard InChI is InChI=1S/C20H27NOS/c1-23(2,3)22-20(19-15-10-16-21-19,17-11-6-4-7-12-17)18-13-8-5-9-14-18/h4-9,11-14,19,21H,10,15-16H2,1-3H3. The van der Waals surface area contributed by atoms with Gasteiger partial charge in [-0.1, -0.05) is 60.7 Å². The van der Waals surface area contributed by atoms with Crippen LogP contribution in [0.2, 0.25) is 0 Å². The number of rotatable bonds is 5. The van der Waals surface area contributed by atoms with E-state index in [0.717, 1.165) is 13.0 Å². The maximum absolute atomic E-state index is 6.90. The summed E-state index contributed by atoms with van der Waals surface area (Å²) in [6, 6.07) is 21.7. The van der Waals surface area contributed by atoms with E-state index in [0.29, 0.717) is 6.04 Å². The lowest BCUT2D eigenvalue weighted by Gasteiger charge is -2.46. The first-order valence-electron chi connectivity index (χ1n) is 8.26. The van der Waals surface area contributed by atoms with Gasteiger partial charge in [0.2, 0.25) is 0 Å². The van der Waals surface area contributed by atoms with Crippen LogP contribution in [0.4, 0.5) is 0 Å². The van der Waals surface area contributed by atoms with Gasteiger partial charge < -0.3 is 9.50 Å². The van der Waals surface area contributed by atoms with Crippen molar-refractivity contribution in [1.29, 1.82) is 0 Å². The van der Waals surface area contributed by atoms with Gasteiger partial charge in [-0.25, -0.2) is 0 Å². The molecular formula is C20H27NOS. The Labute approximate surface area is 141 Å². The largest absolute Gasteiger partial charge is 0.320 e. The van der Waals surface area contributed by atoms with Crippen LogP contribution >= 0.6 is 10.3 Å². The molecule has 1 unspecified atom stereocenters. The van der Waals surface area contributed by atoms with E-state index in [9.17, 15) is 0 Å². The molecule has 0 radical (unpaired) electrons. The van der Waals surface area contributed by atoms with Crippen LogP contribution in [0.15, 0.2) is 60.7 Å². The molecule has 3 rings (SSSR count). The smallest absolute Gasteiger partial charge is 0.146 e. The minimum Gasteiger partial charge on any atom is -0.320 e. The van der Waals surface area contributed by atoms with E-state index in [4.69, 9.17) is 4.18 Å². The van der Waals surface area contributed by atoms with Crippen molar-refractivity contribution < 1.29 is 4.18 Å². The maximum atomic E-state index is 6.90. The van der Waals surface area contributed by atoms with Crippen molar-refractivity contribution in [2.24, 2.45) is 0 Å². The highest BCUT2D eigenvalue weighted by atomic mass is 32.3. The van der Waals surface area contributed by atoms with Crippen LogP contribution < -0.4 is 5.32 Å². The molecule has 1 fully saturated rings. The summed E-state index contributed by atoms with van der Waals surface area (Å²) in [6.07, 6.45) is 9.02. The zero-order valence-electron chi connectivity index (χ0n) is 14.3. The van der Waals surface area contributed by atoms with E-state index in [1.165, 1.54) is 17.5 Å². The summed E-state index contributed by atoms with van der Waals surface area (Å²) in [5, 5.41) is 3.71. The summed E-state index contributed by atoms with van der Waals surface area (Å²) in [6.45, 7) is 1.06. The van der Waals surface area contributed by atoms with Crippen molar-refractivity contribution in [2.45, 2.75) is 24.5 Å². The Hall–Kier alpha value is -1.29. The molecule has 2 nitrogen and oxygen atoms in total. The van der Waals surface area contributed by atoms with E-state index >= 15 is 0 Å². The molecule has 1 aliphatic rings. The predicted molar refractivity (Wildman–Crippen MR) is 101 cm³/mol. The zero-order valence-corrected chi connectivity index (χ0v) is 15.1. The molecule has 1 atom stereocenters. The molecule has 1 N–H and O–H groups in total. The third kappa shape index (κ3) is 3.47. The van der Waals surface area contributed by atoms with Gasteiger partial charge in [0, 0.05) is 6.04 Å². The molecule has 3 heteroatoms. The summed E-state index contributed by atoms with van der Waals surface area (Å²) < 4.78 is 6.90. The minimum atomic E-state index is -1.16. The van der Waals surface area contributed by atoms with E-state index in [1.54, 1.807) is 0 Å². The molecule has 0 spiro atoms. The lowest BCUT2D eigenvalue weighted by atomic mass is 9.79. The van der Waals surface area contributed by atoms with Crippen molar-refractivity contribution >= 4 is 10.3 Å². The Morgan fingerprint density at radius 1 is 0.913 bits per heavy atom. The highest BCUT2D eigenvalue weighted by molar-refractivity contribution is 8.28. The number of nitrogens with one attached hydrogen (secondary N) is 1. The Bertz CT molecular complexity index is 576. The fourth-order valence-electron chi connectivity index (χ4n) is 3.52. The molecule has 0 bridgehead atoms. The number of hydrogen-bond acceptors (Lipinski definition) is 2. The van der Waals surface area contributed by atoms with Crippen molar-refractivity contribution in [1.82, 2.24) is 5.32 Å². The quantitative estimate of drug-likeness (QED) is 0.882. The Morgan fingerprint density at radius 2 is 1.43 bits per heavy atom. The van der Waals surface area contributed by atoms with E-state index < -0.39 is 15.9 Å². The van der Waals surface area contributed by atoms with Crippen LogP contribution in [0.1, 0.15) is 24.0 Å². The van der Waals surface area contributed by atoms with Gasteiger partial charge in [0.25, 0.3) is 0 Å². The first-order chi connectivity index (χ1) is 11.0. The van der Waals surface area contributed by atoms with Crippen molar-refractivity contribution in [3.8, 4) is 0 Å². The third-order valence-electron chi connectivity index (χ3n) is 4.34. The summed E-state index contributed by atoms with van der Waals surface area (Å²) in [4.78, 5) is 0. The second kappa shape index (κ2) is 6.68. The minimum absolute atomic E-state index is 0.305. The van der Waals surface area contributed by atoms with Crippen LogP contribution in [0.3, 0.4) is 0 Å². The molecule has 1 heterocycles. The molecule has 124 valence electrons. The molecule has 23 heavy (non-hydrogen) atoms. The SMILES string of the molecule is CS(C)(C)OC(c1ccccc1)(c1ccccc1)C1CCCN1. The lowest BCUT2D eigenvalue weighted by Crippen LogP contribution is -2.48. The highest BCUT2D eigenvalue weighted by Crippen LogP contribution is 2.51. The Morgan fingerprint density at radius 3 is 1.83 bits per heavy atom. The third-order valence-corrected chi connectivity index (χ3v) is 5.10. The van der Waals surface area contributed by atoms with Crippen LogP contribution in [0.5, 0.6) is 0 Å². The molecule has 2 aromatic rings. The van der Waals surface area contributed by atoms with Crippen LogP contribution in [0.25, 0.3) is 0 Å². The molecule has 0 amide bonds. The van der Waals surface area contributed by atoms with Gasteiger partial charge in [-0.15, -0.1) is 10.3 Å². The van der Waals surface area contributed by atoms with Crippen LogP contribution in [0, 0.1) is 0 Å². The Kier molecular flexibility index (Phi) is 4.81. The van der Waals surface area contributed by atoms with Gasteiger partial charge in [0.05, 0.1) is 0 Å². The van der Waals surface area contributed by atoms with E-state index in [1.807, 2.05) is 0 Å². The molecule has 2 aromatic carbocycles. The first-order valence-corrected chi connectivity index (χ1v) is 11.0. The maximum Gasteiger partial charge on any atom is 0.146 e. The predicted octanol–water partition coefficient (Wildman–Crippen LogP) is 4.31. The Balaban J connectivity index is 2.20. The molecule has 0 aliphatic carbocycles. The first kappa shape index (κ1) is 16.6. The fraction of sp³-hybridized carbons (Fsp3) is 0.400. The summed E-state index contributed by atoms with van der Waals surface area (Å²) in [7, 11) is -1.16. The summed E-state index contributed by atoms with van der Waals surface area (Å²) >= 11 is 0. The van der Waals surface area contributed by atoms with E-state index in [-0.39, 0.29) is 0 Å². The van der Waals surface area contributed by atoms with Crippen molar-refractivity contribution in [3.05, 3.63) is 71.8 Å². The van der Waals surface area contributed by atoms with Gasteiger partial charge in [-0.2, -0.15) is 0 Å². The van der Waals surface area contributed by atoms with Crippen LogP contribution in [-0.2, 0) is 9.78 Å². The zero-order chi connectivity index (χ0) is 16.3. The molecule has 1 saturated heterocycles. The monoisotopic (exact) mass is 329 g/mol. The van der Waals surface area contributed by atoms with Gasteiger partial charge in [-0.3, -0.25) is 0 Å². The number of hydrogen-bond donors (Lipinski definition) is 1. The molecule has 0 aromatic heterocycles. The average Bonchev–Trinajstić information content (AvgIpc) is 3.08. The van der Waals surface area contributed by atoms with Gasteiger partial charge >= 0.3 is 0 Å². The van der Waals surface area contributed by atoms with Gasteiger partial charge in [0.1, 0.15) is 5.60 Å². The second-order valence-corrected chi connectivity index (χ2v) is 10.5. The lowest BCUT2D eigenvalue weighted by molar-refractivity contribution is 0.0920. The summed E-state index contributed by atoms with van der Waals surface area (Å²) in [5.41, 5.74) is 2.06. The van der Waals surface area contributed by atoms with Crippen molar-refractivity contribution in [3.63, 3.8) is 0 Å². The molecule has 1 aliphatic heterocycles. The topological polar surface area (TPSA) is 21.3 Å². The van der Waals surface area contributed by atoms with E-state index in [2.05, 4.69) is 84.7 Å². The van der Waals surface area contributed by atoms with Crippen molar-refractivity contribution in [2.75, 3.05) is 25.3 Å². The molecule has 0 saturated carbocycles. The second-order valence-electron chi connectivity index (χ2n) is 6.92. The van der Waals surface area contributed by atoms with Gasteiger partial charge in [0.15, 0.2) is 0 Å². The van der Waals surface area contributed by atoms with Gasteiger partial charge in [-0.05, 0) is 49.3 Å². The average molecular weight is 330 g/mol. The fourth-order valence-corrected chi connectivity index (χ4v) is 4.62.